The summed E-state index contributed by atoms with van der Waals surface area (Å²) in [6.45, 7) is 7.39. The van der Waals surface area contributed by atoms with E-state index in [1.807, 2.05) is 20.8 Å². The van der Waals surface area contributed by atoms with Gasteiger partial charge in [-0.25, -0.2) is 13.3 Å². The van der Waals surface area contributed by atoms with Gasteiger partial charge in [0.25, 0.3) is 0 Å². The van der Waals surface area contributed by atoms with E-state index in [9.17, 15) is 13.7 Å². The second kappa shape index (κ2) is 5.96. The topological polar surface area (TPSA) is 49.3 Å². The van der Waals surface area contributed by atoms with Crippen LogP contribution in [0.15, 0.2) is 22.7 Å². The Bertz CT molecular complexity index is 598. The van der Waals surface area contributed by atoms with Gasteiger partial charge in [-0.05, 0) is 65.2 Å². The van der Waals surface area contributed by atoms with Gasteiger partial charge >= 0.3 is 0 Å². The molecule has 1 fully saturated rings. The van der Waals surface area contributed by atoms with Crippen molar-refractivity contribution >= 4 is 26.9 Å². The average Bonchev–Trinajstić information content (AvgIpc) is 3.08. The van der Waals surface area contributed by atoms with Crippen LogP contribution in [0.5, 0.6) is 0 Å². The lowest BCUT2D eigenvalue weighted by molar-refractivity contribution is 0.106. The van der Waals surface area contributed by atoms with Gasteiger partial charge < -0.3 is 5.11 Å². The molecule has 124 valence electrons. The first-order chi connectivity index (χ1) is 9.95. The predicted molar refractivity (Wildman–Crippen MR) is 91.3 cm³/mol. The van der Waals surface area contributed by atoms with Crippen molar-refractivity contribution in [1.82, 2.24) is 4.72 Å². The van der Waals surface area contributed by atoms with Crippen molar-refractivity contribution in [2.75, 3.05) is 0 Å². The summed E-state index contributed by atoms with van der Waals surface area (Å²) >= 11 is 3.36. The molecule has 0 unspecified atom stereocenters. The Labute approximate surface area is 142 Å². The summed E-state index contributed by atoms with van der Waals surface area (Å²) in [4.78, 5) is 0. The van der Waals surface area contributed by atoms with Crippen molar-refractivity contribution in [1.29, 1.82) is 0 Å². The number of halogens is 2. The molecule has 1 aliphatic rings. The van der Waals surface area contributed by atoms with Gasteiger partial charge in [0.1, 0.15) is 5.82 Å². The summed E-state index contributed by atoms with van der Waals surface area (Å²) < 4.78 is 30.2. The summed E-state index contributed by atoms with van der Waals surface area (Å²) in [5.74, 6) is -0.367. The average molecular weight is 392 g/mol. The quantitative estimate of drug-likeness (QED) is 0.802. The maximum atomic E-state index is 14.4. The fraction of sp³-hybridized carbons (Fsp3) is 0.625. The summed E-state index contributed by atoms with van der Waals surface area (Å²) in [7, 11) is -1.37. The fourth-order valence-corrected chi connectivity index (χ4v) is 3.70. The van der Waals surface area contributed by atoms with Gasteiger partial charge in [0, 0.05) is 10.0 Å². The zero-order valence-electron chi connectivity index (χ0n) is 13.4. The monoisotopic (exact) mass is 391 g/mol. The maximum absolute atomic E-state index is 14.4. The van der Waals surface area contributed by atoms with Gasteiger partial charge in [-0.15, -0.1) is 0 Å². The summed E-state index contributed by atoms with van der Waals surface area (Å²) in [6.07, 6.45) is 1.72. The van der Waals surface area contributed by atoms with E-state index in [4.69, 9.17) is 0 Å². The first-order valence-corrected chi connectivity index (χ1v) is 9.27. The largest absolute Gasteiger partial charge is 0.390 e. The highest BCUT2D eigenvalue weighted by Crippen LogP contribution is 2.46. The first-order valence-electron chi connectivity index (χ1n) is 7.33. The third-order valence-corrected chi connectivity index (χ3v) is 6.15. The highest BCUT2D eigenvalue weighted by molar-refractivity contribution is 9.10. The van der Waals surface area contributed by atoms with Crippen molar-refractivity contribution < 1.29 is 13.7 Å². The lowest BCUT2D eigenvalue weighted by Crippen LogP contribution is -2.48. The second-order valence-corrected chi connectivity index (χ2v) is 10.2. The Balaban J connectivity index is 2.41. The molecule has 0 spiro atoms. The van der Waals surface area contributed by atoms with Crippen molar-refractivity contribution in [3.05, 3.63) is 34.1 Å². The molecule has 0 aromatic heterocycles. The third kappa shape index (κ3) is 4.16. The summed E-state index contributed by atoms with van der Waals surface area (Å²) in [6, 6.07) is 4.70. The molecule has 1 saturated carbocycles. The van der Waals surface area contributed by atoms with E-state index in [-0.39, 0.29) is 5.82 Å². The SMILES string of the molecule is CC(C)(C)[S@@](=O)N[C@@](C)(CC1(O)CC1)c1cc(Br)ccc1F. The molecular formula is C16H23BrFNO2S. The molecule has 2 rings (SSSR count). The molecule has 3 nitrogen and oxygen atoms in total. The van der Waals surface area contributed by atoms with E-state index in [2.05, 4.69) is 20.7 Å². The molecule has 0 heterocycles. The smallest absolute Gasteiger partial charge is 0.128 e. The van der Waals surface area contributed by atoms with Crippen molar-refractivity contribution in [3.8, 4) is 0 Å². The Morgan fingerprint density at radius 1 is 1.36 bits per heavy atom. The minimum Gasteiger partial charge on any atom is -0.390 e. The standard InChI is InChI=1S/C16H23BrFNO2S/c1-14(2,3)22(21)19-15(4,10-16(20)7-8-16)12-9-11(17)5-6-13(12)18/h5-6,9,19-20H,7-8,10H2,1-4H3/t15-,22+/m0/s1. The van der Waals surface area contributed by atoms with Gasteiger partial charge in [0.15, 0.2) is 0 Å². The lowest BCUT2D eigenvalue weighted by atomic mass is 9.86. The van der Waals surface area contributed by atoms with Crippen LogP contribution in [-0.4, -0.2) is 19.7 Å². The number of hydrogen-bond donors (Lipinski definition) is 2. The number of hydrogen-bond acceptors (Lipinski definition) is 2. The minimum absolute atomic E-state index is 0.329. The molecule has 6 heteroatoms. The van der Waals surface area contributed by atoms with Crippen molar-refractivity contribution in [3.63, 3.8) is 0 Å². The van der Waals surface area contributed by atoms with Crippen LogP contribution in [0.1, 0.15) is 52.5 Å². The van der Waals surface area contributed by atoms with Crippen LogP contribution in [0.2, 0.25) is 0 Å². The molecular weight excluding hydrogens is 369 g/mol. The zero-order valence-corrected chi connectivity index (χ0v) is 15.8. The number of rotatable bonds is 5. The van der Waals surface area contributed by atoms with Gasteiger partial charge in [-0.1, -0.05) is 15.9 Å². The van der Waals surface area contributed by atoms with Crippen LogP contribution in [-0.2, 0) is 16.5 Å². The molecule has 2 N–H and O–H groups in total. The van der Waals surface area contributed by atoms with Gasteiger partial charge in [0.05, 0.1) is 26.9 Å². The van der Waals surface area contributed by atoms with Gasteiger partial charge in [-0.3, -0.25) is 0 Å². The normalized spacial score (nSPS) is 21.2. The van der Waals surface area contributed by atoms with E-state index < -0.39 is 26.9 Å². The highest BCUT2D eigenvalue weighted by atomic mass is 79.9. The molecule has 1 aromatic carbocycles. The Hall–Kier alpha value is -0.300. The Kier molecular flexibility index (Phi) is 4.89. The van der Waals surface area contributed by atoms with Crippen LogP contribution in [0.25, 0.3) is 0 Å². The highest BCUT2D eigenvalue weighted by Gasteiger charge is 2.48. The first kappa shape index (κ1) is 18.0. The van der Waals surface area contributed by atoms with Crippen LogP contribution in [0, 0.1) is 5.82 Å². The van der Waals surface area contributed by atoms with Crippen LogP contribution in [0.4, 0.5) is 4.39 Å². The Morgan fingerprint density at radius 2 is 1.95 bits per heavy atom. The minimum atomic E-state index is -1.37. The number of nitrogens with one attached hydrogen (secondary N) is 1. The molecule has 22 heavy (non-hydrogen) atoms. The van der Waals surface area contributed by atoms with Crippen molar-refractivity contribution in [2.45, 2.75) is 62.8 Å². The van der Waals surface area contributed by atoms with Crippen LogP contribution < -0.4 is 4.72 Å². The van der Waals surface area contributed by atoms with Gasteiger partial charge in [0.2, 0.25) is 0 Å². The van der Waals surface area contributed by atoms with E-state index in [1.165, 1.54) is 6.07 Å². The second-order valence-electron chi connectivity index (χ2n) is 7.34. The molecule has 2 atom stereocenters. The van der Waals surface area contributed by atoms with E-state index in [0.717, 1.165) is 4.47 Å². The van der Waals surface area contributed by atoms with Crippen LogP contribution in [0.3, 0.4) is 0 Å². The molecule has 0 amide bonds. The van der Waals surface area contributed by atoms with Crippen LogP contribution >= 0.6 is 15.9 Å². The van der Waals surface area contributed by atoms with Crippen molar-refractivity contribution in [2.24, 2.45) is 0 Å². The zero-order chi connectivity index (χ0) is 16.8. The molecule has 0 bridgehead atoms. The molecule has 0 radical (unpaired) electrons. The molecule has 1 aromatic rings. The molecule has 0 saturated heterocycles. The summed E-state index contributed by atoms with van der Waals surface area (Å²) in [5.41, 5.74) is -1.28. The predicted octanol–water partition coefficient (Wildman–Crippen LogP) is 3.77. The lowest BCUT2D eigenvalue weighted by Gasteiger charge is -2.36. The molecule has 0 aliphatic heterocycles. The van der Waals surface area contributed by atoms with E-state index in [0.29, 0.717) is 24.8 Å². The fourth-order valence-electron chi connectivity index (χ4n) is 2.44. The third-order valence-electron chi connectivity index (χ3n) is 3.91. The van der Waals surface area contributed by atoms with Gasteiger partial charge in [-0.2, -0.15) is 0 Å². The number of benzene rings is 1. The van der Waals surface area contributed by atoms with E-state index >= 15 is 0 Å². The summed E-state index contributed by atoms with van der Waals surface area (Å²) in [5, 5.41) is 10.3. The van der Waals surface area contributed by atoms with E-state index in [1.54, 1.807) is 19.1 Å². The molecule has 1 aliphatic carbocycles. The Morgan fingerprint density at radius 3 is 2.45 bits per heavy atom. The number of aliphatic hydroxyl groups is 1. The maximum Gasteiger partial charge on any atom is 0.128 e.